The number of hydrogen-bond donors (Lipinski definition) is 1. The molecule has 9 heteroatoms. The molecule has 160 valence electrons. The van der Waals surface area contributed by atoms with Gasteiger partial charge in [-0.25, -0.2) is 0 Å². The van der Waals surface area contributed by atoms with E-state index < -0.39 is 30.5 Å². The largest absolute Gasteiger partial charge is 0.497 e. The first-order chi connectivity index (χ1) is 14.2. The highest BCUT2D eigenvalue weighted by Crippen LogP contribution is 2.37. The molecule has 2 amide bonds. The van der Waals surface area contributed by atoms with E-state index in [1.165, 1.54) is 18.2 Å². The molecule has 0 saturated heterocycles. The normalized spacial score (nSPS) is 16.7. The molecule has 0 aliphatic carbocycles. The van der Waals surface area contributed by atoms with Crippen LogP contribution < -0.4 is 15.0 Å². The third-order valence-corrected chi connectivity index (χ3v) is 4.79. The van der Waals surface area contributed by atoms with Crippen molar-refractivity contribution in [2.24, 2.45) is 0 Å². The molecule has 1 N–H and O–H groups in total. The van der Waals surface area contributed by atoms with Gasteiger partial charge < -0.3 is 10.1 Å². The number of likely N-dealkylation sites (N-methyl/N-ethyl adjacent to an activating group) is 1. The number of benzene rings is 2. The van der Waals surface area contributed by atoms with Crippen LogP contribution in [0.1, 0.15) is 12.0 Å². The summed E-state index contributed by atoms with van der Waals surface area (Å²) in [4.78, 5) is 27.3. The molecule has 1 aliphatic rings. The van der Waals surface area contributed by atoms with E-state index in [2.05, 4.69) is 5.32 Å². The molecule has 0 aromatic heterocycles. The Kier molecular flexibility index (Phi) is 6.31. The monoisotopic (exact) mass is 421 g/mol. The van der Waals surface area contributed by atoms with E-state index in [4.69, 9.17) is 4.74 Å². The molecular formula is C21H22F3N3O3. The summed E-state index contributed by atoms with van der Waals surface area (Å²) in [7, 11) is 3.20. The van der Waals surface area contributed by atoms with Crippen LogP contribution in [0.4, 0.5) is 24.5 Å². The van der Waals surface area contributed by atoms with E-state index in [0.717, 1.165) is 5.56 Å². The second kappa shape index (κ2) is 8.74. The van der Waals surface area contributed by atoms with Gasteiger partial charge in [-0.3, -0.25) is 19.4 Å². The number of methoxy groups -OCH3 is 1. The second-order valence-electron chi connectivity index (χ2n) is 7.11. The number of carbonyl (C=O) groups excluding carboxylic acids is 2. The van der Waals surface area contributed by atoms with Gasteiger partial charge in [0, 0.05) is 6.54 Å². The molecule has 30 heavy (non-hydrogen) atoms. The van der Waals surface area contributed by atoms with Crippen LogP contribution in [0.15, 0.2) is 48.5 Å². The summed E-state index contributed by atoms with van der Waals surface area (Å²) in [6.45, 7) is 0.111. The van der Waals surface area contributed by atoms with E-state index in [-0.39, 0.29) is 17.9 Å². The van der Waals surface area contributed by atoms with Gasteiger partial charge in [0.15, 0.2) is 0 Å². The zero-order valence-corrected chi connectivity index (χ0v) is 16.6. The lowest BCUT2D eigenvalue weighted by atomic mass is 10.1. The van der Waals surface area contributed by atoms with E-state index in [9.17, 15) is 22.8 Å². The van der Waals surface area contributed by atoms with Crippen LogP contribution in [-0.4, -0.2) is 49.6 Å². The highest BCUT2D eigenvalue weighted by Gasteiger charge is 2.49. The summed E-state index contributed by atoms with van der Waals surface area (Å²) in [5.41, 5.74) is 1.10. The SMILES string of the molecule is COc1ccc(CN(C)CC(=O)N2c3ccccc3NC(=O)CC2C(F)(F)F)cc1. The van der Waals surface area contributed by atoms with Crippen LogP contribution in [0.3, 0.4) is 0 Å². The predicted octanol–water partition coefficient (Wildman–Crippen LogP) is 3.43. The minimum atomic E-state index is -4.75. The minimum absolute atomic E-state index is 0.0357. The van der Waals surface area contributed by atoms with Gasteiger partial charge >= 0.3 is 6.18 Å². The molecule has 1 aliphatic heterocycles. The van der Waals surface area contributed by atoms with Crippen molar-refractivity contribution < 1.29 is 27.5 Å². The smallest absolute Gasteiger partial charge is 0.409 e. The average molecular weight is 421 g/mol. The number of nitrogens with zero attached hydrogens (tertiary/aromatic N) is 2. The first kappa shape index (κ1) is 21.6. The molecule has 1 unspecified atom stereocenters. The van der Waals surface area contributed by atoms with Gasteiger partial charge in [0.05, 0.1) is 31.5 Å². The number of anilines is 2. The molecule has 2 aromatic carbocycles. The summed E-state index contributed by atoms with van der Waals surface area (Å²) in [5.74, 6) is -0.840. The number of fused-ring (bicyclic) bond motifs is 1. The summed E-state index contributed by atoms with van der Waals surface area (Å²) in [6, 6.07) is 11.0. The number of alkyl halides is 3. The highest BCUT2D eigenvalue weighted by atomic mass is 19.4. The fourth-order valence-corrected chi connectivity index (χ4v) is 3.40. The van der Waals surface area contributed by atoms with Crippen molar-refractivity contribution in [1.82, 2.24) is 4.90 Å². The van der Waals surface area contributed by atoms with Crippen LogP contribution in [-0.2, 0) is 16.1 Å². The molecule has 1 heterocycles. The zero-order chi connectivity index (χ0) is 21.9. The number of hydrogen-bond acceptors (Lipinski definition) is 4. The number of halogens is 3. The Bertz CT molecular complexity index is 916. The number of rotatable bonds is 5. The van der Waals surface area contributed by atoms with Crippen LogP contribution >= 0.6 is 0 Å². The number of carbonyl (C=O) groups is 2. The molecular weight excluding hydrogens is 399 g/mol. The van der Waals surface area contributed by atoms with Gasteiger partial charge in [-0.1, -0.05) is 24.3 Å². The number of ether oxygens (including phenoxy) is 1. The predicted molar refractivity (Wildman–Crippen MR) is 106 cm³/mol. The molecule has 6 nitrogen and oxygen atoms in total. The molecule has 0 fully saturated rings. The molecule has 0 spiro atoms. The van der Waals surface area contributed by atoms with Gasteiger partial charge in [0.25, 0.3) is 0 Å². The third kappa shape index (κ3) is 4.91. The number of para-hydroxylation sites is 2. The van der Waals surface area contributed by atoms with Crippen molar-refractivity contribution in [3.63, 3.8) is 0 Å². The lowest BCUT2D eigenvalue weighted by Crippen LogP contribution is -2.52. The van der Waals surface area contributed by atoms with Crippen molar-refractivity contribution in [2.45, 2.75) is 25.2 Å². The standard InChI is InChI=1S/C21H22F3N3O3/c1-26(12-14-7-9-15(30-2)10-8-14)13-20(29)27-17-6-4-3-5-16(17)25-19(28)11-18(27)21(22,23)24/h3-10,18H,11-13H2,1-2H3,(H,25,28). The Morgan fingerprint density at radius 3 is 2.50 bits per heavy atom. The number of nitrogens with one attached hydrogen (secondary N) is 1. The first-order valence-corrected chi connectivity index (χ1v) is 9.28. The Balaban J connectivity index is 1.84. The lowest BCUT2D eigenvalue weighted by molar-refractivity contribution is -0.158. The Labute approximate surface area is 172 Å². The highest BCUT2D eigenvalue weighted by molar-refractivity contribution is 6.05. The Morgan fingerprint density at radius 2 is 1.87 bits per heavy atom. The topological polar surface area (TPSA) is 61.9 Å². The molecule has 0 bridgehead atoms. The fourth-order valence-electron chi connectivity index (χ4n) is 3.40. The van der Waals surface area contributed by atoms with Crippen molar-refractivity contribution in [2.75, 3.05) is 30.9 Å². The van der Waals surface area contributed by atoms with Gasteiger partial charge in [0.2, 0.25) is 11.8 Å². The van der Waals surface area contributed by atoms with Crippen LogP contribution in [0, 0.1) is 0 Å². The fraction of sp³-hybridized carbons (Fsp3) is 0.333. The quantitative estimate of drug-likeness (QED) is 0.804. The summed E-state index contributed by atoms with van der Waals surface area (Å²) in [5, 5.41) is 2.45. The average Bonchev–Trinajstić information content (AvgIpc) is 2.84. The van der Waals surface area contributed by atoms with Crippen molar-refractivity contribution in [3.8, 4) is 5.75 Å². The maximum Gasteiger partial charge on any atom is 0.409 e. The Morgan fingerprint density at radius 1 is 1.20 bits per heavy atom. The zero-order valence-electron chi connectivity index (χ0n) is 16.6. The van der Waals surface area contributed by atoms with Crippen LogP contribution in [0.2, 0.25) is 0 Å². The van der Waals surface area contributed by atoms with E-state index >= 15 is 0 Å². The third-order valence-electron chi connectivity index (χ3n) is 4.79. The second-order valence-corrected chi connectivity index (χ2v) is 7.11. The maximum atomic E-state index is 13.8. The van der Waals surface area contributed by atoms with Crippen molar-refractivity contribution >= 4 is 23.2 Å². The lowest BCUT2D eigenvalue weighted by Gasteiger charge is -2.33. The summed E-state index contributed by atoms with van der Waals surface area (Å²) >= 11 is 0. The van der Waals surface area contributed by atoms with Gasteiger partial charge in [-0.2, -0.15) is 13.2 Å². The van der Waals surface area contributed by atoms with Crippen LogP contribution in [0.25, 0.3) is 0 Å². The molecule has 0 radical (unpaired) electrons. The van der Waals surface area contributed by atoms with Gasteiger partial charge in [-0.05, 0) is 36.9 Å². The van der Waals surface area contributed by atoms with Gasteiger partial charge in [-0.15, -0.1) is 0 Å². The molecule has 3 rings (SSSR count). The van der Waals surface area contributed by atoms with E-state index in [1.54, 1.807) is 37.3 Å². The van der Waals surface area contributed by atoms with E-state index in [1.807, 2.05) is 12.1 Å². The maximum absolute atomic E-state index is 13.8. The molecule has 0 saturated carbocycles. The Hall–Kier alpha value is -3.07. The summed E-state index contributed by atoms with van der Waals surface area (Å²) in [6.07, 6.45) is -5.61. The molecule has 2 aromatic rings. The first-order valence-electron chi connectivity index (χ1n) is 9.28. The summed E-state index contributed by atoms with van der Waals surface area (Å²) < 4.78 is 46.4. The minimum Gasteiger partial charge on any atom is -0.497 e. The van der Waals surface area contributed by atoms with Crippen molar-refractivity contribution in [3.05, 3.63) is 54.1 Å². The molecule has 1 atom stereocenters. The van der Waals surface area contributed by atoms with E-state index in [0.29, 0.717) is 17.2 Å². The van der Waals surface area contributed by atoms with Crippen molar-refractivity contribution in [1.29, 1.82) is 0 Å². The van der Waals surface area contributed by atoms with Gasteiger partial charge in [0.1, 0.15) is 11.8 Å². The van der Waals surface area contributed by atoms with Crippen LogP contribution in [0.5, 0.6) is 5.75 Å². The number of amides is 2.